The maximum atomic E-state index is 3.73. The van der Waals surface area contributed by atoms with Gasteiger partial charge < -0.3 is 10.2 Å². The number of rotatable bonds is 5. The van der Waals surface area contributed by atoms with E-state index in [0.717, 1.165) is 17.8 Å². The lowest BCUT2D eigenvalue weighted by Gasteiger charge is -2.34. The van der Waals surface area contributed by atoms with Gasteiger partial charge in [0, 0.05) is 6.04 Å². The number of nitrogens with zero attached hydrogens (tertiary/aromatic N) is 1. The molecule has 0 aromatic carbocycles. The Labute approximate surface area is 102 Å². The van der Waals surface area contributed by atoms with Gasteiger partial charge in [-0.25, -0.2) is 0 Å². The summed E-state index contributed by atoms with van der Waals surface area (Å²) in [5.74, 6) is 2.46. The highest BCUT2D eigenvalue weighted by Gasteiger charge is 2.22. The van der Waals surface area contributed by atoms with Crippen molar-refractivity contribution in [3.63, 3.8) is 0 Å². The molecule has 2 nitrogen and oxygen atoms in total. The van der Waals surface area contributed by atoms with Gasteiger partial charge in [-0.3, -0.25) is 0 Å². The molecule has 1 heterocycles. The molecule has 1 rings (SSSR count). The molecule has 0 aromatic rings. The van der Waals surface area contributed by atoms with Gasteiger partial charge in [-0.15, -0.1) is 0 Å². The normalized spacial score (nSPS) is 23.6. The van der Waals surface area contributed by atoms with Gasteiger partial charge >= 0.3 is 0 Å². The SMILES string of the molecule is CC(C)C(C)CNC(C)C1CCN(C)CC1. The van der Waals surface area contributed by atoms with E-state index in [1.54, 1.807) is 0 Å². The van der Waals surface area contributed by atoms with E-state index in [0.29, 0.717) is 6.04 Å². The molecule has 96 valence electrons. The van der Waals surface area contributed by atoms with Crippen LogP contribution >= 0.6 is 0 Å². The van der Waals surface area contributed by atoms with Crippen LogP contribution < -0.4 is 5.32 Å². The van der Waals surface area contributed by atoms with Crippen LogP contribution in [0.5, 0.6) is 0 Å². The molecule has 1 fully saturated rings. The smallest absolute Gasteiger partial charge is 0.00680 e. The van der Waals surface area contributed by atoms with Gasteiger partial charge in [0.2, 0.25) is 0 Å². The molecule has 2 atom stereocenters. The summed E-state index contributed by atoms with van der Waals surface area (Å²) in [4.78, 5) is 2.44. The molecule has 2 unspecified atom stereocenters. The molecule has 1 aliphatic heterocycles. The van der Waals surface area contributed by atoms with E-state index < -0.39 is 0 Å². The number of piperidine rings is 1. The molecule has 0 spiro atoms. The predicted octanol–water partition coefficient (Wildman–Crippen LogP) is 2.60. The minimum atomic E-state index is 0.690. The van der Waals surface area contributed by atoms with Crippen LogP contribution in [0.3, 0.4) is 0 Å². The lowest BCUT2D eigenvalue weighted by molar-refractivity contribution is 0.186. The van der Waals surface area contributed by atoms with Crippen LogP contribution in [0.1, 0.15) is 40.5 Å². The van der Waals surface area contributed by atoms with Crippen LogP contribution in [-0.2, 0) is 0 Å². The largest absolute Gasteiger partial charge is 0.314 e. The van der Waals surface area contributed by atoms with E-state index >= 15 is 0 Å². The molecule has 1 N–H and O–H groups in total. The van der Waals surface area contributed by atoms with Crippen LogP contribution in [0.25, 0.3) is 0 Å². The van der Waals surface area contributed by atoms with E-state index in [4.69, 9.17) is 0 Å². The van der Waals surface area contributed by atoms with E-state index in [1.165, 1.54) is 32.5 Å². The van der Waals surface area contributed by atoms with Gasteiger partial charge in [-0.2, -0.15) is 0 Å². The fraction of sp³-hybridized carbons (Fsp3) is 1.00. The maximum Gasteiger partial charge on any atom is 0.00680 e. The van der Waals surface area contributed by atoms with Crippen molar-refractivity contribution in [2.45, 2.75) is 46.6 Å². The zero-order valence-corrected chi connectivity index (χ0v) is 11.8. The Morgan fingerprint density at radius 2 is 1.69 bits per heavy atom. The Kier molecular flexibility index (Phi) is 5.77. The highest BCUT2D eigenvalue weighted by molar-refractivity contribution is 4.79. The molecule has 2 heteroatoms. The fourth-order valence-corrected chi connectivity index (χ4v) is 2.30. The number of hydrogen-bond donors (Lipinski definition) is 1. The summed E-state index contributed by atoms with van der Waals surface area (Å²) in [5, 5.41) is 3.73. The Balaban J connectivity index is 2.22. The molecule has 0 radical (unpaired) electrons. The van der Waals surface area contributed by atoms with Crippen molar-refractivity contribution < 1.29 is 0 Å². The second-order valence-corrected chi connectivity index (χ2v) is 6.06. The van der Waals surface area contributed by atoms with Crippen molar-refractivity contribution in [3.05, 3.63) is 0 Å². The summed E-state index contributed by atoms with van der Waals surface area (Å²) in [6.07, 6.45) is 2.72. The molecule has 0 saturated carbocycles. The third-order valence-electron chi connectivity index (χ3n) is 4.37. The molecule has 1 saturated heterocycles. The molecular weight excluding hydrogens is 196 g/mol. The first-order valence-corrected chi connectivity index (χ1v) is 6.92. The van der Waals surface area contributed by atoms with Crippen LogP contribution in [0.4, 0.5) is 0 Å². The number of likely N-dealkylation sites (tertiary alicyclic amines) is 1. The Bertz CT molecular complexity index is 183. The van der Waals surface area contributed by atoms with Crippen LogP contribution in [0.15, 0.2) is 0 Å². The number of hydrogen-bond acceptors (Lipinski definition) is 2. The minimum Gasteiger partial charge on any atom is -0.314 e. The third-order valence-corrected chi connectivity index (χ3v) is 4.37. The Hall–Kier alpha value is -0.0800. The van der Waals surface area contributed by atoms with Crippen LogP contribution in [0, 0.1) is 17.8 Å². The summed E-state index contributed by atoms with van der Waals surface area (Å²) in [7, 11) is 2.23. The van der Waals surface area contributed by atoms with Crippen molar-refractivity contribution in [3.8, 4) is 0 Å². The molecule has 0 amide bonds. The topological polar surface area (TPSA) is 15.3 Å². The first-order chi connectivity index (χ1) is 7.50. The lowest BCUT2D eigenvalue weighted by Crippen LogP contribution is -2.42. The zero-order chi connectivity index (χ0) is 12.1. The molecule has 0 aromatic heterocycles. The second-order valence-electron chi connectivity index (χ2n) is 6.06. The quantitative estimate of drug-likeness (QED) is 0.775. The predicted molar refractivity (Wildman–Crippen MR) is 71.7 cm³/mol. The van der Waals surface area contributed by atoms with Gasteiger partial charge in [0.1, 0.15) is 0 Å². The molecule has 16 heavy (non-hydrogen) atoms. The van der Waals surface area contributed by atoms with Gasteiger partial charge in [0.15, 0.2) is 0 Å². The van der Waals surface area contributed by atoms with Crippen LogP contribution in [-0.4, -0.2) is 37.6 Å². The van der Waals surface area contributed by atoms with Gasteiger partial charge in [-0.1, -0.05) is 20.8 Å². The fourth-order valence-electron chi connectivity index (χ4n) is 2.30. The summed E-state index contributed by atoms with van der Waals surface area (Å²) in [6, 6.07) is 0.690. The molecule has 1 aliphatic rings. The van der Waals surface area contributed by atoms with Crippen LogP contribution in [0.2, 0.25) is 0 Å². The standard InChI is InChI=1S/C14H30N2/c1-11(2)12(3)10-15-13(4)14-6-8-16(5)9-7-14/h11-15H,6-10H2,1-5H3. The maximum absolute atomic E-state index is 3.73. The van der Waals surface area contributed by atoms with Crippen molar-refractivity contribution in [2.75, 3.05) is 26.7 Å². The molecular formula is C14H30N2. The average Bonchev–Trinajstić information content (AvgIpc) is 2.26. The average molecular weight is 226 g/mol. The van der Waals surface area contributed by atoms with Crippen molar-refractivity contribution >= 4 is 0 Å². The van der Waals surface area contributed by atoms with Crippen molar-refractivity contribution in [2.24, 2.45) is 17.8 Å². The zero-order valence-electron chi connectivity index (χ0n) is 11.8. The van der Waals surface area contributed by atoms with Crippen molar-refractivity contribution in [1.82, 2.24) is 10.2 Å². The van der Waals surface area contributed by atoms with Gasteiger partial charge in [-0.05, 0) is 64.2 Å². The third kappa shape index (κ3) is 4.42. The first kappa shape index (κ1) is 14.0. The van der Waals surface area contributed by atoms with E-state index in [2.05, 4.69) is 45.0 Å². The number of nitrogens with one attached hydrogen (secondary N) is 1. The van der Waals surface area contributed by atoms with E-state index in [1.807, 2.05) is 0 Å². The lowest BCUT2D eigenvalue weighted by atomic mass is 9.89. The van der Waals surface area contributed by atoms with Crippen molar-refractivity contribution in [1.29, 1.82) is 0 Å². The summed E-state index contributed by atoms with van der Waals surface area (Å²) in [6.45, 7) is 13.1. The monoisotopic (exact) mass is 226 g/mol. The second kappa shape index (κ2) is 6.61. The summed E-state index contributed by atoms with van der Waals surface area (Å²) in [5.41, 5.74) is 0. The molecule has 0 bridgehead atoms. The highest BCUT2D eigenvalue weighted by Crippen LogP contribution is 2.20. The summed E-state index contributed by atoms with van der Waals surface area (Å²) < 4.78 is 0. The van der Waals surface area contributed by atoms with E-state index in [9.17, 15) is 0 Å². The van der Waals surface area contributed by atoms with E-state index in [-0.39, 0.29) is 0 Å². The summed E-state index contributed by atoms with van der Waals surface area (Å²) >= 11 is 0. The Morgan fingerprint density at radius 3 is 2.19 bits per heavy atom. The first-order valence-electron chi connectivity index (χ1n) is 6.92. The minimum absolute atomic E-state index is 0.690. The van der Waals surface area contributed by atoms with Gasteiger partial charge in [0.25, 0.3) is 0 Å². The highest BCUT2D eigenvalue weighted by atomic mass is 15.1. The molecule has 0 aliphatic carbocycles. The van der Waals surface area contributed by atoms with Gasteiger partial charge in [0.05, 0.1) is 0 Å². The Morgan fingerprint density at radius 1 is 1.12 bits per heavy atom.